The second-order valence-electron chi connectivity index (χ2n) is 6.11. The maximum atomic E-state index is 13.2. The van der Waals surface area contributed by atoms with Crippen molar-refractivity contribution in [2.75, 3.05) is 24.5 Å². The smallest absolute Gasteiger partial charge is 0.328 e. The van der Waals surface area contributed by atoms with E-state index in [1.807, 2.05) is 26.0 Å². The van der Waals surface area contributed by atoms with Crippen molar-refractivity contribution in [3.8, 4) is 0 Å². The number of fused-ring (bicyclic) bond motifs is 2. The van der Waals surface area contributed by atoms with E-state index >= 15 is 0 Å². The van der Waals surface area contributed by atoms with E-state index < -0.39 is 11.7 Å². The Morgan fingerprint density at radius 1 is 1.04 bits per heavy atom. The molecule has 1 N–H and O–H groups in total. The fourth-order valence-electron chi connectivity index (χ4n) is 2.99. The van der Waals surface area contributed by atoms with Crippen LogP contribution in [0.15, 0.2) is 52.3 Å². The Bertz CT molecular complexity index is 819. The average Bonchev–Trinajstić information content (AvgIpc) is 2.62. The zero-order valence-electron chi connectivity index (χ0n) is 14.6. The van der Waals surface area contributed by atoms with Gasteiger partial charge in [-0.25, -0.2) is 0 Å². The van der Waals surface area contributed by atoms with Crippen molar-refractivity contribution in [2.45, 2.75) is 29.8 Å². The lowest BCUT2D eigenvalue weighted by molar-refractivity contribution is -0.888. The van der Waals surface area contributed by atoms with Crippen molar-refractivity contribution < 1.29 is 22.9 Å². The van der Waals surface area contributed by atoms with Crippen LogP contribution in [-0.2, 0) is 11.0 Å². The highest BCUT2D eigenvalue weighted by atomic mass is 32.2. The summed E-state index contributed by atoms with van der Waals surface area (Å²) in [6.45, 7) is 5.77. The zero-order valence-corrected chi connectivity index (χ0v) is 15.4. The molecule has 0 aromatic heterocycles. The summed E-state index contributed by atoms with van der Waals surface area (Å²) in [4.78, 5) is 17.1. The van der Waals surface area contributed by atoms with E-state index in [1.165, 1.54) is 22.7 Å². The molecule has 0 unspecified atom stereocenters. The maximum Gasteiger partial charge on any atom is 0.416 e. The van der Waals surface area contributed by atoms with Gasteiger partial charge in [0.1, 0.15) is 0 Å². The Morgan fingerprint density at radius 2 is 1.69 bits per heavy atom. The van der Waals surface area contributed by atoms with E-state index in [2.05, 4.69) is 0 Å². The third-order valence-corrected chi connectivity index (χ3v) is 5.63. The lowest BCUT2D eigenvalue weighted by atomic mass is 10.1. The topological polar surface area (TPSA) is 24.8 Å². The first kappa shape index (κ1) is 18.8. The van der Waals surface area contributed by atoms with Gasteiger partial charge in [0.2, 0.25) is 0 Å². The summed E-state index contributed by atoms with van der Waals surface area (Å²) in [5.41, 5.74) is 0.199. The first-order valence-corrected chi connectivity index (χ1v) is 9.31. The number of nitrogens with one attached hydrogen (secondary N) is 1. The molecule has 3 nitrogen and oxygen atoms in total. The molecule has 0 fully saturated rings. The number of hydrogen-bond donors (Lipinski definition) is 1. The molecule has 0 spiro atoms. The standard InChI is InChI=1S/C19H19F3N2OS/c1-3-23(4-2)12-18(25)24-14-7-5-6-8-16(14)26-17-10-9-13(11-15(17)24)19(20,21)22/h5-11H,3-4,12H2,1-2H3/p+1. The third kappa shape index (κ3) is 3.59. The number of likely N-dealkylation sites (N-methyl/N-ethyl adjacent to an activating group) is 1. The SMILES string of the molecule is CC[NH+](CC)CC(=O)N1c2ccccc2Sc2ccc(C(F)(F)F)cc21. The number of carbonyl (C=O) groups is 1. The summed E-state index contributed by atoms with van der Waals surface area (Å²) < 4.78 is 39.6. The van der Waals surface area contributed by atoms with E-state index in [-0.39, 0.29) is 12.5 Å². The van der Waals surface area contributed by atoms with Gasteiger partial charge in [-0.3, -0.25) is 9.69 Å². The van der Waals surface area contributed by atoms with Crippen LogP contribution in [-0.4, -0.2) is 25.5 Å². The van der Waals surface area contributed by atoms with Crippen molar-refractivity contribution in [3.63, 3.8) is 0 Å². The van der Waals surface area contributed by atoms with E-state index in [0.29, 0.717) is 16.3 Å². The number of quaternary nitrogens is 1. The molecule has 1 amide bonds. The molecule has 138 valence electrons. The normalized spacial score (nSPS) is 13.5. The highest BCUT2D eigenvalue weighted by molar-refractivity contribution is 7.99. The van der Waals surface area contributed by atoms with E-state index in [4.69, 9.17) is 0 Å². The predicted octanol–water partition coefficient (Wildman–Crippen LogP) is 3.76. The van der Waals surface area contributed by atoms with Crippen LogP contribution >= 0.6 is 11.8 Å². The number of benzene rings is 2. The monoisotopic (exact) mass is 381 g/mol. The summed E-state index contributed by atoms with van der Waals surface area (Å²) in [5, 5.41) is 0. The molecule has 0 radical (unpaired) electrons. The Labute approximate surface area is 154 Å². The summed E-state index contributed by atoms with van der Waals surface area (Å²) in [6, 6.07) is 10.9. The lowest BCUT2D eigenvalue weighted by Crippen LogP contribution is -3.12. The van der Waals surface area contributed by atoms with Gasteiger partial charge < -0.3 is 4.90 Å². The fourth-order valence-corrected chi connectivity index (χ4v) is 4.03. The molecule has 0 aliphatic carbocycles. The molecule has 0 bridgehead atoms. The molecule has 7 heteroatoms. The highest BCUT2D eigenvalue weighted by Gasteiger charge is 2.35. The summed E-state index contributed by atoms with van der Waals surface area (Å²) >= 11 is 1.39. The molecule has 2 aromatic carbocycles. The minimum atomic E-state index is -4.45. The van der Waals surface area contributed by atoms with Crippen molar-refractivity contribution >= 4 is 29.0 Å². The molecular formula is C19H20F3N2OS+. The molecule has 1 aliphatic heterocycles. The van der Waals surface area contributed by atoms with Gasteiger partial charge in [0.05, 0.1) is 30.0 Å². The molecule has 2 aromatic rings. The molecule has 0 saturated carbocycles. The Morgan fingerprint density at radius 3 is 2.35 bits per heavy atom. The number of alkyl halides is 3. The molecule has 26 heavy (non-hydrogen) atoms. The van der Waals surface area contributed by atoms with Crippen LogP contribution in [0.2, 0.25) is 0 Å². The van der Waals surface area contributed by atoms with Gasteiger partial charge in [-0.2, -0.15) is 13.2 Å². The Kier molecular flexibility index (Phi) is 5.29. The summed E-state index contributed by atoms with van der Waals surface area (Å²) in [7, 11) is 0. The summed E-state index contributed by atoms with van der Waals surface area (Å²) in [6.07, 6.45) is -4.45. The highest BCUT2D eigenvalue weighted by Crippen LogP contribution is 2.49. The number of hydrogen-bond acceptors (Lipinski definition) is 2. The van der Waals surface area contributed by atoms with Gasteiger partial charge in [0.25, 0.3) is 5.91 Å². The average molecular weight is 381 g/mol. The van der Waals surface area contributed by atoms with Gasteiger partial charge in [0, 0.05) is 9.79 Å². The lowest BCUT2D eigenvalue weighted by Gasteiger charge is -2.32. The minimum Gasteiger partial charge on any atom is -0.328 e. The van der Waals surface area contributed by atoms with Crippen molar-refractivity contribution in [3.05, 3.63) is 48.0 Å². The molecule has 1 aliphatic rings. The van der Waals surface area contributed by atoms with Crippen LogP contribution in [0.25, 0.3) is 0 Å². The number of nitrogens with zero attached hydrogens (tertiary/aromatic N) is 1. The van der Waals surface area contributed by atoms with E-state index in [0.717, 1.165) is 35.0 Å². The van der Waals surface area contributed by atoms with Gasteiger partial charge >= 0.3 is 6.18 Å². The van der Waals surface area contributed by atoms with Crippen LogP contribution in [0.3, 0.4) is 0 Å². The van der Waals surface area contributed by atoms with E-state index in [1.54, 1.807) is 12.1 Å². The van der Waals surface area contributed by atoms with Gasteiger partial charge in [-0.05, 0) is 44.2 Å². The number of anilines is 2. The van der Waals surface area contributed by atoms with Crippen LogP contribution in [0.4, 0.5) is 24.5 Å². The molecule has 0 saturated heterocycles. The maximum absolute atomic E-state index is 13.2. The number of para-hydroxylation sites is 1. The van der Waals surface area contributed by atoms with Crippen molar-refractivity contribution in [2.24, 2.45) is 0 Å². The van der Waals surface area contributed by atoms with Crippen LogP contribution in [0.5, 0.6) is 0 Å². The van der Waals surface area contributed by atoms with Gasteiger partial charge in [-0.1, -0.05) is 23.9 Å². The van der Waals surface area contributed by atoms with Crippen molar-refractivity contribution in [1.82, 2.24) is 0 Å². The Balaban J connectivity index is 2.08. The van der Waals surface area contributed by atoms with Gasteiger partial charge in [0.15, 0.2) is 6.54 Å². The van der Waals surface area contributed by atoms with Gasteiger partial charge in [-0.15, -0.1) is 0 Å². The minimum absolute atomic E-state index is 0.197. The molecule has 3 rings (SSSR count). The zero-order chi connectivity index (χ0) is 18.9. The number of halogens is 3. The molecule has 1 heterocycles. The quantitative estimate of drug-likeness (QED) is 0.872. The summed E-state index contributed by atoms with van der Waals surface area (Å²) in [5.74, 6) is -0.197. The largest absolute Gasteiger partial charge is 0.416 e. The molecular weight excluding hydrogens is 361 g/mol. The number of rotatable bonds is 4. The first-order valence-electron chi connectivity index (χ1n) is 8.49. The second kappa shape index (κ2) is 7.32. The number of carbonyl (C=O) groups excluding carboxylic acids is 1. The number of amides is 1. The van der Waals surface area contributed by atoms with E-state index in [9.17, 15) is 18.0 Å². The second-order valence-corrected chi connectivity index (χ2v) is 7.20. The van der Waals surface area contributed by atoms with Crippen molar-refractivity contribution in [1.29, 1.82) is 0 Å². The van der Waals surface area contributed by atoms with Crippen LogP contribution in [0.1, 0.15) is 19.4 Å². The Hall–Kier alpha value is -1.99. The molecule has 0 atom stereocenters. The fraction of sp³-hybridized carbons (Fsp3) is 0.316. The first-order chi connectivity index (χ1) is 12.3. The van der Waals surface area contributed by atoms with Crippen LogP contribution < -0.4 is 9.80 Å². The predicted molar refractivity (Wildman–Crippen MR) is 96.1 cm³/mol. The third-order valence-electron chi connectivity index (χ3n) is 4.50. The van der Waals surface area contributed by atoms with Crippen LogP contribution in [0, 0.1) is 0 Å².